The second-order valence-electron chi connectivity index (χ2n) is 7.55. The van der Waals surface area contributed by atoms with E-state index in [1.165, 1.54) is 17.4 Å². The molecule has 0 aliphatic carbocycles. The average Bonchev–Trinajstić information content (AvgIpc) is 3.44. The number of H-pyrrole nitrogens is 1. The van der Waals surface area contributed by atoms with Gasteiger partial charge >= 0.3 is 0 Å². The molecule has 0 fully saturated rings. The number of benzene rings is 1. The smallest absolute Gasteiger partial charge is 0.260 e. The van der Waals surface area contributed by atoms with Crippen molar-refractivity contribution in [1.29, 1.82) is 0 Å². The number of aromatic amines is 1. The first-order chi connectivity index (χ1) is 16.0. The van der Waals surface area contributed by atoms with Crippen LogP contribution < -0.4 is 5.56 Å². The molecule has 0 spiro atoms. The number of thiophene rings is 1. The summed E-state index contributed by atoms with van der Waals surface area (Å²) in [7, 11) is 0. The molecule has 2 N–H and O–H groups in total. The van der Waals surface area contributed by atoms with Crippen molar-refractivity contribution in [3.05, 3.63) is 88.5 Å². The third-order valence-corrected chi connectivity index (χ3v) is 5.89. The number of nitrogens with zero attached hydrogens (tertiary/aromatic N) is 2. The first-order valence-electron chi connectivity index (χ1n) is 10.4. The van der Waals surface area contributed by atoms with Gasteiger partial charge in [-0.3, -0.25) is 9.69 Å². The molecule has 1 atom stereocenters. The van der Waals surface area contributed by atoms with E-state index in [0.29, 0.717) is 52.6 Å². The van der Waals surface area contributed by atoms with Crippen molar-refractivity contribution in [2.45, 2.75) is 19.3 Å². The van der Waals surface area contributed by atoms with E-state index in [1.807, 2.05) is 4.90 Å². The molecule has 9 heteroatoms. The Labute approximate surface area is 193 Å². The van der Waals surface area contributed by atoms with Crippen LogP contribution in [0.3, 0.4) is 0 Å². The Morgan fingerprint density at radius 3 is 2.91 bits per heavy atom. The number of aliphatic hydroxyl groups is 1. The summed E-state index contributed by atoms with van der Waals surface area (Å²) in [5, 5.41) is 12.5. The molecule has 0 aliphatic heterocycles. The average molecular weight is 470 g/mol. The van der Waals surface area contributed by atoms with Crippen LogP contribution in [-0.4, -0.2) is 45.8 Å². The lowest BCUT2D eigenvalue weighted by Crippen LogP contribution is -2.35. The monoisotopic (exact) mass is 469 g/mol. The minimum Gasteiger partial charge on any atom is -0.467 e. The predicted molar refractivity (Wildman–Crippen MR) is 125 cm³/mol. The van der Waals surface area contributed by atoms with E-state index in [9.17, 15) is 14.3 Å². The van der Waals surface area contributed by atoms with E-state index >= 15 is 0 Å². The molecule has 0 saturated heterocycles. The molecule has 1 aromatic carbocycles. The molecular weight excluding hydrogens is 445 g/mol. The van der Waals surface area contributed by atoms with Crippen LogP contribution in [0, 0.1) is 5.82 Å². The Kier molecular flexibility index (Phi) is 7.46. The third kappa shape index (κ3) is 5.63. The first-order valence-corrected chi connectivity index (χ1v) is 11.3. The Hall–Kier alpha value is -3.11. The molecule has 3 aromatic heterocycles. The summed E-state index contributed by atoms with van der Waals surface area (Å²) < 4.78 is 25.0. The lowest BCUT2D eigenvalue weighted by atomic mass is 10.1. The highest BCUT2D eigenvalue weighted by Gasteiger charge is 2.18. The molecule has 7 nitrogen and oxygen atoms in total. The highest BCUT2D eigenvalue weighted by molar-refractivity contribution is 7.17. The van der Waals surface area contributed by atoms with Gasteiger partial charge in [-0.15, -0.1) is 17.9 Å². The summed E-state index contributed by atoms with van der Waals surface area (Å²) in [5.74, 6) is 0.756. The van der Waals surface area contributed by atoms with Gasteiger partial charge in [-0.25, -0.2) is 9.37 Å². The topological polar surface area (TPSA) is 91.6 Å². The standard InChI is InChI=1S/C24H24FN3O4S/c1-2-9-28(11-16(29)13-31-14-17-6-5-10-32-17)12-21-26-23(30)22-19(15-33-24(22)27-21)18-7-3-4-8-20(18)25/h2-8,10,15-16,29H,1,9,11-14H2,(H,26,27,30). The fourth-order valence-corrected chi connectivity index (χ4v) is 4.54. The minimum atomic E-state index is -0.746. The van der Waals surface area contributed by atoms with Crippen molar-refractivity contribution in [2.75, 3.05) is 19.7 Å². The number of furan rings is 1. The highest BCUT2D eigenvalue weighted by atomic mass is 32.1. The van der Waals surface area contributed by atoms with Crippen LogP contribution in [0.2, 0.25) is 0 Å². The maximum atomic E-state index is 14.3. The summed E-state index contributed by atoms with van der Waals surface area (Å²) in [6.07, 6.45) is 2.54. The van der Waals surface area contributed by atoms with Gasteiger partial charge in [0.1, 0.15) is 28.8 Å². The van der Waals surface area contributed by atoms with Gasteiger partial charge in [0.05, 0.1) is 30.9 Å². The Balaban J connectivity index is 1.46. The number of ether oxygens (including phenoxy) is 1. The number of rotatable bonds is 11. The number of nitrogens with one attached hydrogen (secondary N) is 1. The second-order valence-corrected chi connectivity index (χ2v) is 8.41. The zero-order valence-corrected chi connectivity index (χ0v) is 18.7. The van der Waals surface area contributed by atoms with E-state index in [1.54, 1.807) is 48.1 Å². The summed E-state index contributed by atoms with van der Waals surface area (Å²) in [5.41, 5.74) is 0.575. The van der Waals surface area contributed by atoms with Gasteiger partial charge in [-0.05, 0) is 18.2 Å². The van der Waals surface area contributed by atoms with Gasteiger partial charge in [0.15, 0.2) is 0 Å². The van der Waals surface area contributed by atoms with Crippen molar-refractivity contribution in [1.82, 2.24) is 14.9 Å². The van der Waals surface area contributed by atoms with Crippen LogP contribution in [0.1, 0.15) is 11.6 Å². The van der Waals surface area contributed by atoms with Crippen molar-refractivity contribution in [2.24, 2.45) is 0 Å². The molecular formula is C24H24FN3O4S. The molecule has 0 amide bonds. The van der Waals surface area contributed by atoms with E-state index in [0.717, 1.165) is 0 Å². The summed E-state index contributed by atoms with van der Waals surface area (Å²) in [4.78, 5) is 22.7. The Bertz CT molecular complexity index is 1270. The molecule has 1 unspecified atom stereocenters. The van der Waals surface area contributed by atoms with Crippen LogP contribution in [0.5, 0.6) is 0 Å². The zero-order chi connectivity index (χ0) is 23.2. The van der Waals surface area contributed by atoms with E-state index < -0.39 is 6.10 Å². The maximum absolute atomic E-state index is 14.3. The highest BCUT2D eigenvalue weighted by Crippen LogP contribution is 2.32. The van der Waals surface area contributed by atoms with Gasteiger partial charge < -0.3 is 19.2 Å². The van der Waals surface area contributed by atoms with Gasteiger partial charge in [0.25, 0.3) is 5.56 Å². The molecule has 0 aliphatic rings. The van der Waals surface area contributed by atoms with Crippen LogP contribution in [0.15, 0.2) is 69.9 Å². The van der Waals surface area contributed by atoms with Crippen molar-refractivity contribution >= 4 is 21.6 Å². The minimum absolute atomic E-state index is 0.133. The quantitative estimate of drug-likeness (QED) is 0.323. The molecule has 33 heavy (non-hydrogen) atoms. The Morgan fingerprint density at radius 1 is 1.30 bits per heavy atom. The van der Waals surface area contributed by atoms with Gasteiger partial charge in [-0.1, -0.05) is 24.3 Å². The molecule has 0 saturated carbocycles. The predicted octanol–water partition coefficient (Wildman–Crippen LogP) is 3.95. The van der Waals surface area contributed by atoms with E-state index in [4.69, 9.17) is 9.15 Å². The van der Waals surface area contributed by atoms with Crippen LogP contribution >= 0.6 is 11.3 Å². The van der Waals surface area contributed by atoms with Crippen LogP contribution in [0.4, 0.5) is 4.39 Å². The lowest BCUT2D eigenvalue weighted by molar-refractivity contribution is 0.00528. The molecule has 4 aromatic rings. The number of hydrogen-bond donors (Lipinski definition) is 2. The van der Waals surface area contributed by atoms with E-state index in [2.05, 4.69) is 16.5 Å². The summed E-state index contributed by atoms with van der Waals surface area (Å²) in [6.45, 7) is 5.27. The fraction of sp³-hybridized carbons (Fsp3) is 0.250. The molecule has 0 bridgehead atoms. The zero-order valence-electron chi connectivity index (χ0n) is 17.9. The van der Waals surface area contributed by atoms with Crippen molar-refractivity contribution < 1.29 is 18.7 Å². The lowest BCUT2D eigenvalue weighted by Gasteiger charge is -2.23. The molecule has 4 rings (SSSR count). The number of aliphatic hydroxyl groups excluding tert-OH is 1. The largest absolute Gasteiger partial charge is 0.467 e. The van der Waals surface area contributed by atoms with E-state index in [-0.39, 0.29) is 24.6 Å². The first kappa shape index (κ1) is 23.1. The Morgan fingerprint density at radius 2 is 2.15 bits per heavy atom. The summed E-state index contributed by atoms with van der Waals surface area (Å²) >= 11 is 1.30. The normalized spacial score (nSPS) is 12.5. The van der Waals surface area contributed by atoms with Gasteiger partial charge in [0, 0.05) is 29.6 Å². The van der Waals surface area contributed by atoms with Gasteiger partial charge in [0.2, 0.25) is 0 Å². The van der Waals surface area contributed by atoms with Crippen LogP contribution in [0.25, 0.3) is 21.3 Å². The fourth-order valence-electron chi connectivity index (χ4n) is 3.59. The maximum Gasteiger partial charge on any atom is 0.260 e. The number of hydrogen-bond acceptors (Lipinski definition) is 7. The number of aromatic nitrogens is 2. The molecule has 3 heterocycles. The number of fused-ring (bicyclic) bond motifs is 1. The summed E-state index contributed by atoms with van der Waals surface area (Å²) in [6, 6.07) is 9.93. The van der Waals surface area contributed by atoms with Crippen molar-refractivity contribution in [3.63, 3.8) is 0 Å². The second kappa shape index (κ2) is 10.7. The van der Waals surface area contributed by atoms with Gasteiger partial charge in [-0.2, -0.15) is 0 Å². The van der Waals surface area contributed by atoms with Crippen molar-refractivity contribution in [3.8, 4) is 11.1 Å². The third-order valence-electron chi connectivity index (χ3n) is 5.02. The van der Waals surface area contributed by atoms with Crippen LogP contribution in [-0.2, 0) is 17.9 Å². The molecule has 0 radical (unpaired) electrons. The number of halogens is 1. The molecule has 172 valence electrons. The SMILES string of the molecule is C=CCN(Cc1nc2scc(-c3ccccc3F)c2c(=O)[nH]1)CC(O)COCc1ccco1.